The van der Waals surface area contributed by atoms with Crippen LogP contribution in [0.5, 0.6) is 0 Å². The maximum atomic E-state index is 8.97. The van der Waals surface area contributed by atoms with Crippen molar-refractivity contribution in [2.75, 3.05) is 12.4 Å². The first kappa shape index (κ1) is 8.40. The predicted molar refractivity (Wildman–Crippen MR) is 48.7 cm³/mol. The number of hydrogen-bond donors (Lipinski definition) is 0. The molecule has 1 aliphatic carbocycles. The second-order valence-corrected chi connectivity index (χ2v) is 4.82. The highest BCUT2D eigenvalue weighted by atomic mass is 32.2. The summed E-state index contributed by atoms with van der Waals surface area (Å²) < 4.78 is 5.73. The van der Waals surface area contributed by atoms with Crippen LogP contribution in [-0.2, 0) is 4.74 Å². The Morgan fingerprint density at radius 1 is 1.50 bits per heavy atom. The van der Waals surface area contributed by atoms with E-state index in [1.807, 2.05) is 11.8 Å². The van der Waals surface area contributed by atoms with Crippen LogP contribution >= 0.6 is 11.8 Å². The molecule has 2 atom stereocenters. The van der Waals surface area contributed by atoms with E-state index in [2.05, 4.69) is 6.07 Å². The van der Waals surface area contributed by atoms with Crippen LogP contribution in [0.4, 0.5) is 0 Å². The first-order valence-electron chi connectivity index (χ1n) is 4.55. The molecule has 0 amide bonds. The summed E-state index contributed by atoms with van der Waals surface area (Å²) in [5, 5.41) is 8.97. The fourth-order valence-electron chi connectivity index (χ4n) is 2.09. The number of rotatable bonds is 0. The van der Waals surface area contributed by atoms with E-state index >= 15 is 0 Å². The summed E-state index contributed by atoms with van der Waals surface area (Å²) in [6.07, 6.45) is 4.54. The molecule has 2 rings (SSSR count). The van der Waals surface area contributed by atoms with Crippen molar-refractivity contribution in [1.29, 1.82) is 5.26 Å². The maximum absolute atomic E-state index is 8.97. The Morgan fingerprint density at radius 3 is 3.08 bits per heavy atom. The fraction of sp³-hybridized carbons (Fsp3) is 0.889. The highest BCUT2D eigenvalue weighted by Crippen LogP contribution is 2.47. The zero-order valence-corrected chi connectivity index (χ0v) is 7.90. The lowest BCUT2D eigenvalue weighted by molar-refractivity contribution is -0.000751. The highest BCUT2D eigenvalue weighted by molar-refractivity contribution is 8.00. The van der Waals surface area contributed by atoms with E-state index in [9.17, 15) is 0 Å². The molecule has 3 heteroatoms. The zero-order valence-electron chi connectivity index (χ0n) is 7.08. The van der Waals surface area contributed by atoms with Crippen molar-refractivity contribution in [3.05, 3.63) is 0 Å². The van der Waals surface area contributed by atoms with Crippen molar-refractivity contribution in [2.24, 2.45) is 5.92 Å². The van der Waals surface area contributed by atoms with Gasteiger partial charge in [0.1, 0.15) is 4.93 Å². The van der Waals surface area contributed by atoms with Gasteiger partial charge in [0.25, 0.3) is 0 Å². The van der Waals surface area contributed by atoms with Gasteiger partial charge in [-0.3, -0.25) is 0 Å². The number of nitrogens with zero attached hydrogens (tertiary/aromatic N) is 1. The lowest BCUT2D eigenvalue weighted by Crippen LogP contribution is -2.36. The molecule has 1 aliphatic heterocycles. The molecule has 0 aromatic carbocycles. The minimum atomic E-state index is -0.104. The summed E-state index contributed by atoms with van der Waals surface area (Å²) in [5.41, 5.74) is 0. The molecule has 1 saturated heterocycles. The first-order valence-corrected chi connectivity index (χ1v) is 5.53. The number of hydrogen-bond acceptors (Lipinski definition) is 3. The SMILES string of the molecule is N#C[C@@H]1CCCC[C@@]12OCCS2. The van der Waals surface area contributed by atoms with Gasteiger partial charge in [0.05, 0.1) is 18.6 Å². The predicted octanol–water partition coefficient (Wildman–Crippen LogP) is 2.16. The Hall–Kier alpha value is -0.200. The summed E-state index contributed by atoms with van der Waals surface area (Å²) in [5.74, 6) is 1.21. The molecule has 0 aromatic heterocycles. The van der Waals surface area contributed by atoms with Crippen molar-refractivity contribution >= 4 is 11.8 Å². The monoisotopic (exact) mass is 183 g/mol. The average Bonchev–Trinajstić information content (AvgIpc) is 2.55. The second-order valence-electron chi connectivity index (χ2n) is 3.44. The quantitative estimate of drug-likeness (QED) is 0.577. The van der Waals surface area contributed by atoms with Gasteiger partial charge in [-0.15, -0.1) is 11.8 Å². The summed E-state index contributed by atoms with van der Waals surface area (Å²) in [6.45, 7) is 0.836. The number of nitriles is 1. The van der Waals surface area contributed by atoms with Gasteiger partial charge in [0.15, 0.2) is 0 Å². The van der Waals surface area contributed by atoms with E-state index in [1.54, 1.807) is 0 Å². The van der Waals surface area contributed by atoms with Crippen LogP contribution in [0.1, 0.15) is 25.7 Å². The van der Waals surface area contributed by atoms with E-state index < -0.39 is 0 Å². The van der Waals surface area contributed by atoms with Crippen molar-refractivity contribution in [3.63, 3.8) is 0 Å². The minimum absolute atomic E-state index is 0.104. The Labute approximate surface area is 77.3 Å². The first-order chi connectivity index (χ1) is 5.87. The Kier molecular flexibility index (Phi) is 2.29. The third-order valence-electron chi connectivity index (χ3n) is 2.73. The lowest BCUT2D eigenvalue weighted by Gasteiger charge is -2.35. The topological polar surface area (TPSA) is 33.0 Å². The molecule has 2 nitrogen and oxygen atoms in total. The molecule has 0 radical (unpaired) electrons. The molecular formula is C9H13NOS. The van der Waals surface area contributed by atoms with Gasteiger partial charge in [-0.25, -0.2) is 0 Å². The maximum Gasteiger partial charge on any atom is 0.129 e. The highest BCUT2D eigenvalue weighted by Gasteiger charge is 2.45. The third kappa shape index (κ3) is 1.23. The van der Waals surface area contributed by atoms with Gasteiger partial charge in [0, 0.05) is 5.75 Å². The molecule has 0 aromatic rings. The van der Waals surface area contributed by atoms with Crippen LogP contribution < -0.4 is 0 Å². The van der Waals surface area contributed by atoms with Crippen LogP contribution in [-0.4, -0.2) is 17.3 Å². The molecule has 0 bridgehead atoms. The largest absolute Gasteiger partial charge is 0.362 e. The van der Waals surface area contributed by atoms with E-state index in [0.717, 1.165) is 25.2 Å². The van der Waals surface area contributed by atoms with Crippen LogP contribution in [0.3, 0.4) is 0 Å². The number of thioether (sulfide) groups is 1. The summed E-state index contributed by atoms with van der Waals surface area (Å²) in [6, 6.07) is 2.39. The molecule has 1 spiro atoms. The van der Waals surface area contributed by atoms with E-state index in [-0.39, 0.29) is 10.9 Å². The molecule has 2 fully saturated rings. The van der Waals surface area contributed by atoms with Crippen molar-refractivity contribution < 1.29 is 4.74 Å². The summed E-state index contributed by atoms with van der Waals surface area (Å²) >= 11 is 1.85. The van der Waals surface area contributed by atoms with Gasteiger partial charge in [-0.2, -0.15) is 5.26 Å². The van der Waals surface area contributed by atoms with Crippen molar-refractivity contribution in [1.82, 2.24) is 0 Å². The van der Waals surface area contributed by atoms with E-state index in [0.29, 0.717) is 0 Å². The molecule has 66 valence electrons. The molecule has 12 heavy (non-hydrogen) atoms. The van der Waals surface area contributed by atoms with Gasteiger partial charge in [-0.1, -0.05) is 6.42 Å². The average molecular weight is 183 g/mol. The standard InChI is InChI=1S/C9H13NOS/c10-7-8-3-1-2-4-9(8)11-5-6-12-9/h8H,1-6H2/t8-,9-/m0/s1. The lowest BCUT2D eigenvalue weighted by atomic mass is 9.87. The second kappa shape index (κ2) is 3.27. The fourth-order valence-corrected chi connectivity index (χ4v) is 3.43. The van der Waals surface area contributed by atoms with Crippen LogP contribution in [0.15, 0.2) is 0 Å². The Balaban J connectivity index is 2.14. The minimum Gasteiger partial charge on any atom is -0.362 e. The Morgan fingerprint density at radius 2 is 2.42 bits per heavy atom. The molecule has 0 unspecified atom stereocenters. The normalized spacial score (nSPS) is 41.4. The van der Waals surface area contributed by atoms with Crippen LogP contribution in [0.25, 0.3) is 0 Å². The summed E-state index contributed by atoms with van der Waals surface area (Å²) in [7, 11) is 0. The molecule has 1 saturated carbocycles. The van der Waals surface area contributed by atoms with Crippen molar-refractivity contribution in [3.8, 4) is 6.07 Å². The van der Waals surface area contributed by atoms with E-state index in [1.165, 1.54) is 12.8 Å². The summed E-state index contributed by atoms with van der Waals surface area (Å²) in [4.78, 5) is -0.104. The van der Waals surface area contributed by atoms with Gasteiger partial charge < -0.3 is 4.74 Å². The smallest absolute Gasteiger partial charge is 0.129 e. The number of ether oxygens (including phenoxy) is 1. The molecule has 0 N–H and O–H groups in total. The Bertz CT molecular complexity index is 205. The van der Waals surface area contributed by atoms with Gasteiger partial charge >= 0.3 is 0 Å². The third-order valence-corrected chi connectivity index (χ3v) is 4.20. The van der Waals surface area contributed by atoms with Crippen LogP contribution in [0, 0.1) is 17.2 Å². The van der Waals surface area contributed by atoms with Gasteiger partial charge in [0.2, 0.25) is 0 Å². The zero-order chi connectivity index (χ0) is 8.44. The van der Waals surface area contributed by atoms with Gasteiger partial charge in [-0.05, 0) is 19.3 Å². The van der Waals surface area contributed by atoms with Crippen molar-refractivity contribution in [2.45, 2.75) is 30.6 Å². The molecule has 1 heterocycles. The van der Waals surface area contributed by atoms with Crippen LogP contribution in [0.2, 0.25) is 0 Å². The molecule has 2 aliphatic rings. The van der Waals surface area contributed by atoms with E-state index in [4.69, 9.17) is 10.00 Å². The molecular weight excluding hydrogens is 170 g/mol.